The van der Waals surface area contributed by atoms with Crippen molar-refractivity contribution < 1.29 is 24.9 Å². The predicted molar refractivity (Wildman–Crippen MR) is 82.5 cm³/mol. The van der Waals surface area contributed by atoms with Crippen molar-refractivity contribution in [3.05, 3.63) is 29.8 Å². The van der Waals surface area contributed by atoms with Gasteiger partial charge in [0.15, 0.2) is 0 Å². The highest BCUT2D eigenvalue weighted by atomic mass is 16.4. The monoisotopic (exact) mass is 312 g/mol. The molecule has 22 heavy (non-hydrogen) atoms. The van der Waals surface area contributed by atoms with E-state index < -0.39 is 24.0 Å². The molecule has 1 aromatic carbocycles. The molecular weight excluding hydrogens is 288 g/mol. The van der Waals surface area contributed by atoms with Gasteiger partial charge in [-0.2, -0.15) is 0 Å². The maximum atomic E-state index is 10.4. The van der Waals surface area contributed by atoms with Crippen molar-refractivity contribution >= 4 is 11.9 Å². The number of aromatic hydroxyl groups is 1. The van der Waals surface area contributed by atoms with Gasteiger partial charge in [0.05, 0.1) is 0 Å². The minimum Gasteiger partial charge on any atom is -0.508 e. The summed E-state index contributed by atoms with van der Waals surface area (Å²) < 4.78 is 0. The van der Waals surface area contributed by atoms with Crippen molar-refractivity contribution in [2.45, 2.75) is 38.8 Å². The fraction of sp³-hybridized carbons (Fsp3) is 0.467. The standard InChI is InChI=1S/C9H11NO3.C6H13NO2/c10-8(9(12)13)5-6-1-3-7(11)4-2-6;1-4(2)3-5(7)6(8)9/h1-4,8,11H,5,10H2,(H,12,13);4-5H,3,7H2,1-2H3,(H,8,9)/t8-;5-/m10/s1. The fourth-order valence-corrected chi connectivity index (χ4v) is 1.58. The third-order valence-corrected chi connectivity index (χ3v) is 2.75. The summed E-state index contributed by atoms with van der Waals surface area (Å²) >= 11 is 0. The lowest BCUT2D eigenvalue weighted by Crippen LogP contribution is -2.32. The topological polar surface area (TPSA) is 147 Å². The number of aliphatic carboxylic acids is 2. The zero-order chi connectivity index (χ0) is 17.3. The first-order valence-electron chi connectivity index (χ1n) is 6.88. The van der Waals surface area contributed by atoms with Gasteiger partial charge in [-0.15, -0.1) is 0 Å². The molecule has 0 bridgehead atoms. The van der Waals surface area contributed by atoms with E-state index in [2.05, 4.69) is 0 Å². The Hall–Kier alpha value is -2.12. The molecule has 7 heteroatoms. The van der Waals surface area contributed by atoms with Crippen LogP contribution in [0.2, 0.25) is 0 Å². The first-order valence-corrected chi connectivity index (χ1v) is 6.88. The highest BCUT2D eigenvalue weighted by Crippen LogP contribution is 2.10. The summed E-state index contributed by atoms with van der Waals surface area (Å²) in [5, 5.41) is 25.8. The van der Waals surface area contributed by atoms with Gasteiger partial charge in [0.1, 0.15) is 17.8 Å². The second kappa shape index (κ2) is 9.75. The first-order chi connectivity index (χ1) is 10.1. The third kappa shape index (κ3) is 8.93. The summed E-state index contributed by atoms with van der Waals surface area (Å²) in [5.74, 6) is -1.42. The molecule has 0 unspecified atom stereocenters. The number of hydrogen-bond donors (Lipinski definition) is 5. The van der Waals surface area contributed by atoms with Gasteiger partial charge in [-0.25, -0.2) is 0 Å². The molecule has 0 aromatic heterocycles. The van der Waals surface area contributed by atoms with Gasteiger partial charge in [-0.3, -0.25) is 9.59 Å². The highest BCUT2D eigenvalue weighted by Gasteiger charge is 2.12. The van der Waals surface area contributed by atoms with Crippen molar-refractivity contribution in [3.8, 4) is 5.75 Å². The molecule has 0 spiro atoms. The van der Waals surface area contributed by atoms with Crippen molar-refractivity contribution in [1.82, 2.24) is 0 Å². The number of carboxylic acids is 2. The van der Waals surface area contributed by atoms with Crippen molar-refractivity contribution in [3.63, 3.8) is 0 Å². The third-order valence-electron chi connectivity index (χ3n) is 2.75. The van der Waals surface area contributed by atoms with Crippen LogP contribution >= 0.6 is 0 Å². The van der Waals surface area contributed by atoms with Crippen LogP contribution in [0.1, 0.15) is 25.8 Å². The number of benzene rings is 1. The van der Waals surface area contributed by atoms with Crippen LogP contribution < -0.4 is 11.5 Å². The summed E-state index contributed by atoms with van der Waals surface area (Å²) in [6.45, 7) is 3.89. The van der Waals surface area contributed by atoms with E-state index in [4.69, 9.17) is 26.8 Å². The second-order valence-electron chi connectivity index (χ2n) is 5.39. The molecule has 2 atom stereocenters. The van der Waals surface area contributed by atoms with Crippen LogP contribution in [0.3, 0.4) is 0 Å². The largest absolute Gasteiger partial charge is 0.508 e. The fourth-order valence-electron chi connectivity index (χ4n) is 1.58. The molecule has 0 aliphatic carbocycles. The molecule has 1 rings (SSSR count). The molecule has 0 amide bonds. The van der Waals surface area contributed by atoms with E-state index in [-0.39, 0.29) is 12.2 Å². The Balaban J connectivity index is 0.000000433. The molecule has 7 N–H and O–H groups in total. The van der Waals surface area contributed by atoms with E-state index in [1.165, 1.54) is 12.1 Å². The van der Waals surface area contributed by atoms with Crippen LogP contribution in [0.4, 0.5) is 0 Å². The van der Waals surface area contributed by atoms with Crippen LogP contribution in [-0.4, -0.2) is 39.3 Å². The van der Waals surface area contributed by atoms with Gasteiger partial charge >= 0.3 is 11.9 Å². The Bertz CT molecular complexity index is 473. The Morgan fingerprint density at radius 3 is 1.77 bits per heavy atom. The van der Waals surface area contributed by atoms with Gasteiger partial charge in [0, 0.05) is 0 Å². The van der Waals surface area contributed by atoms with Gasteiger partial charge in [0.25, 0.3) is 0 Å². The zero-order valence-corrected chi connectivity index (χ0v) is 12.8. The van der Waals surface area contributed by atoms with E-state index in [1.807, 2.05) is 13.8 Å². The smallest absolute Gasteiger partial charge is 0.320 e. The molecule has 7 nitrogen and oxygen atoms in total. The Kier molecular flexibility index (Phi) is 8.81. The molecule has 0 saturated heterocycles. The molecular formula is C15H24N2O5. The average molecular weight is 312 g/mol. The Morgan fingerprint density at radius 1 is 1.00 bits per heavy atom. The second-order valence-corrected chi connectivity index (χ2v) is 5.39. The predicted octanol–water partition coefficient (Wildman–Crippen LogP) is 0.791. The van der Waals surface area contributed by atoms with Crippen molar-refractivity contribution in [2.75, 3.05) is 0 Å². The highest BCUT2D eigenvalue weighted by molar-refractivity contribution is 5.73. The number of carboxylic acid groups (broad SMARTS) is 2. The van der Waals surface area contributed by atoms with Crippen LogP contribution in [0.15, 0.2) is 24.3 Å². The van der Waals surface area contributed by atoms with Gasteiger partial charge in [0.2, 0.25) is 0 Å². The summed E-state index contributed by atoms with van der Waals surface area (Å²) in [5.41, 5.74) is 11.3. The minimum atomic E-state index is -1.02. The maximum absolute atomic E-state index is 10.4. The maximum Gasteiger partial charge on any atom is 0.320 e. The summed E-state index contributed by atoms with van der Waals surface area (Å²) in [7, 11) is 0. The lowest BCUT2D eigenvalue weighted by molar-refractivity contribution is -0.139. The zero-order valence-electron chi connectivity index (χ0n) is 12.8. The Labute approximate surface area is 129 Å². The lowest BCUT2D eigenvalue weighted by atomic mass is 10.1. The van der Waals surface area contributed by atoms with Crippen LogP contribution in [-0.2, 0) is 16.0 Å². The molecule has 0 heterocycles. The molecule has 0 aliphatic heterocycles. The summed E-state index contributed by atoms with van der Waals surface area (Å²) in [6, 6.07) is 4.74. The van der Waals surface area contributed by atoms with E-state index in [1.54, 1.807) is 12.1 Å². The number of phenols is 1. The van der Waals surface area contributed by atoms with Crippen molar-refractivity contribution in [1.29, 1.82) is 0 Å². The van der Waals surface area contributed by atoms with Crippen LogP contribution in [0, 0.1) is 5.92 Å². The summed E-state index contributed by atoms with van der Waals surface area (Å²) in [6.07, 6.45) is 0.824. The normalized spacial score (nSPS) is 13.0. The van der Waals surface area contributed by atoms with E-state index >= 15 is 0 Å². The molecule has 0 saturated carbocycles. The van der Waals surface area contributed by atoms with E-state index in [0.29, 0.717) is 12.3 Å². The minimum absolute atomic E-state index is 0.160. The molecule has 0 aliphatic rings. The lowest BCUT2D eigenvalue weighted by Gasteiger charge is -2.07. The number of phenolic OH excluding ortho intramolecular Hbond substituents is 1. The quantitative estimate of drug-likeness (QED) is 0.521. The van der Waals surface area contributed by atoms with Gasteiger partial charge < -0.3 is 26.8 Å². The van der Waals surface area contributed by atoms with Gasteiger partial charge in [-0.05, 0) is 36.5 Å². The average Bonchev–Trinajstić information content (AvgIpc) is 2.41. The van der Waals surface area contributed by atoms with Gasteiger partial charge in [-0.1, -0.05) is 26.0 Å². The number of carbonyl (C=O) groups is 2. The van der Waals surface area contributed by atoms with Crippen molar-refractivity contribution in [2.24, 2.45) is 17.4 Å². The van der Waals surface area contributed by atoms with E-state index in [0.717, 1.165) is 5.56 Å². The number of rotatable bonds is 6. The Morgan fingerprint density at radius 2 is 1.45 bits per heavy atom. The SMILES string of the molecule is CC(C)C[C@H](N)C(=O)O.N[C@H](Cc1ccc(O)cc1)C(=O)O. The number of nitrogens with two attached hydrogens (primary N) is 2. The van der Waals surface area contributed by atoms with Crippen LogP contribution in [0.5, 0.6) is 5.75 Å². The molecule has 0 radical (unpaired) electrons. The molecule has 124 valence electrons. The van der Waals surface area contributed by atoms with E-state index in [9.17, 15) is 9.59 Å². The first kappa shape index (κ1) is 19.9. The number of hydrogen-bond acceptors (Lipinski definition) is 5. The van der Waals surface area contributed by atoms with Crippen LogP contribution in [0.25, 0.3) is 0 Å². The summed E-state index contributed by atoms with van der Waals surface area (Å²) in [4.78, 5) is 20.5. The molecule has 1 aromatic rings. The molecule has 0 fully saturated rings.